The normalized spacial score (nSPS) is 18.8. The Labute approximate surface area is 211 Å². The van der Waals surface area contributed by atoms with E-state index in [-0.39, 0.29) is 24.5 Å². The summed E-state index contributed by atoms with van der Waals surface area (Å²) >= 11 is 0. The van der Waals surface area contributed by atoms with E-state index in [1.165, 1.54) is 0 Å². The van der Waals surface area contributed by atoms with Crippen molar-refractivity contribution in [2.45, 2.75) is 25.3 Å². The average Bonchev–Trinajstić information content (AvgIpc) is 3.43. The molecule has 0 aliphatic carbocycles. The maximum absolute atomic E-state index is 13.0. The molecule has 3 heterocycles. The lowest BCUT2D eigenvalue weighted by Gasteiger charge is -2.34. The summed E-state index contributed by atoms with van der Waals surface area (Å²) in [6.07, 6.45) is 2.78. The molecule has 2 amide bonds. The molecule has 0 unspecified atom stereocenters. The molecular weight excluding hydrogens is 456 g/mol. The number of hydrogen-bond donors (Lipinski definition) is 1. The van der Waals surface area contributed by atoms with E-state index in [1.807, 2.05) is 64.4 Å². The molecule has 5 rings (SSSR count). The van der Waals surface area contributed by atoms with Crippen molar-refractivity contribution in [2.75, 3.05) is 46.4 Å². The van der Waals surface area contributed by atoms with Gasteiger partial charge in [-0.15, -0.1) is 0 Å². The van der Waals surface area contributed by atoms with Crippen molar-refractivity contribution in [1.29, 1.82) is 0 Å². The molecular formula is C27H32N6O3. The number of carbonyl (C=O) groups is 2. The molecule has 1 atom stereocenters. The van der Waals surface area contributed by atoms with E-state index in [4.69, 9.17) is 9.72 Å². The van der Waals surface area contributed by atoms with Crippen LogP contribution >= 0.6 is 0 Å². The van der Waals surface area contributed by atoms with E-state index in [0.29, 0.717) is 29.5 Å². The van der Waals surface area contributed by atoms with Crippen molar-refractivity contribution >= 4 is 11.8 Å². The molecule has 2 aliphatic heterocycles. The van der Waals surface area contributed by atoms with Crippen LogP contribution in [0.15, 0.2) is 54.6 Å². The lowest BCUT2D eigenvalue weighted by Crippen LogP contribution is -2.47. The first-order chi connectivity index (χ1) is 17.6. The van der Waals surface area contributed by atoms with Crippen LogP contribution in [0.25, 0.3) is 11.4 Å². The fraction of sp³-hybridized carbons (Fsp3) is 0.407. The number of H-pyrrole nitrogens is 1. The first kappa shape index (κ1) is 24.0. The molecule has 36 heavy (non-hydrogen) atoms. The second-order valence-corrected chi connectivity index (χ2v) is 9.42. The van der Waals surface area contributed by atoms with Crippen molar-refractivity contribution in [3.8, 4) is 17.1 Å². The molecule has 188 valence electrons. The highest BCUT2D eigenvalue weighted by molar-refractivity contribution is 5.95. The number of piperidine rings is 1. The van der Waals surface area contributed by atoms with Gasteiger partial charge in [-0.25, -0.2) is 4.98 Å². The molecule has 0 spiro atoms. The topological polar surface area (TPSA) is 94.7 Å². The Hall–Kier alpha value is -3.72. The number of rotatable bonds is 6. The number of likely N-dealkylation sites (N-methyl/N-ethyl adjacent to an activating group) is 1. The molecule has 2 aliphatic rings. The van der Waals surface area contributed by atoms with Gasteiger partial charge in [0.2, 0.25) is 0 Å². The van der Waals surface area contributed by atoms with Crippen LogP contribution < -0.4 is 4.74 Å². The number of nitrogens with one attached hydrogen (secondary N) is 1. The van der Waals surface area contributed by atoms with Crippen molar-refractivity contribution in [3.05, 3.63) is 66.0 Å². The number of ether oxygens (including phenoxy) is 1. The Kier molecular flexibility index (Phi) is 7.27. The Morgan fingerprint density at radius 3 is 2.61 bits per heavy atom. The predicted octanol–water partition coefficient (Wildman–Crippen LogP) is 2.99. The monoisotopic (exact) mass is 488 g/mol. The van der Waals surface area contributed by atoms with Gasteiger partial charge in [-0.3, -0.25) is 14.7 Å². The Bertz CT molecular complexity index is 1190. The van der Waals surface area contributed by atoms with E-state index in [0.717, 1.165) is 51.0 Å². The second kappa shape index (κ2) is 10.9. The number of likely N-dealkylation sites (tertiary alicyclic amines) is 1. The fourth-order valence-electron chi connectivity index (χ4n) is 4.79. The minimum atomic E-state index is -0.179. The van der Waals surface area contributed by atoms with Gasteiger partial charge in [-0.2, -0.15) is 5.10 Å². The van der Waals surface area contributed by atoms with Crippen LogP contribution in [-0.4, -0.2) is 88.1 Å². The van der Waals surface area contributed by atoms with E-state index in [2.05, 4.69) is 22.1 Å². The first-order valence-corrected chi connectivity index (χ1v) is 12.6. The second-order valence-electron chi connectivity index (χ2n) is 9.42. The summed E-state index contributed by atoms with van der Waals surface area (Å²) in [7, 11) is 2.07. The van der Waals surface area contributed by atoms with Crippen LogP contribution in [-0.2, 0) is 4.79 Å². The zero-order valence-corrected chi connectivity index (χ0v) is 20.6. The molecule has 0 saturated carbocycles. The third-order valence-electron chi connectivity index (χ3n) is 6.91. The zero-order chi connectivity index (χ0) is 24.9. The van der Waals surface area contributed by atoms with Gasteiger partial charge in [0.05, 0.1) is 6.04 Å². The van der Waals surface area contributed by atoms with Crippen molar-refractivity contribution in [3.63, 3.8) is 0 Å². The Morgan fingerprint density at radius 1 is 1.00 bits per heavy atom. The lowest BCUT2D eigenvalue weighted by atomic mass is 10.0. The minimum absolute atomic E-state index is 0.0159. The number of para-hydroxylation sites is 1. The van der Waals surface area contributed by atoms with Gasteiger partial charge in [0.15, 0.2) is 12.4 Å². The van der Waals surface area contributed by atoms with Crippen LogP contribution in [0.4, 0.5) is 0 Å². The number of benzene rings is 2. The largest absolute Gasteiger partial charge is 0.484 e. The summed E-state index contributed by atoms with van der Waals surface area (Å²) in [5.74, 6) is 1.82. The van der Waals surface area contributed by atoms with Gasteiger partial charge in [-0.05, 0) is 50.6 Å². The molecule has 2 saturated heterocycles. The standard InChI is InChI=1S/C27H32N6O3/c1-31-14-16-32(17-15-31)27(35)21-9-7-8-20(18-21)25-28-26(30-29-25)23-12-5-6-13-33(23)24(34)19-36-22-10-3-2-4-11-22/h2-4,7-11,18,23H,5-6,12-17,19H2,1H3,(H,28,29,30)/t23-/m1/s1. The summed E-state index contributed by atoms with van der Waals surface area (Å²) in [6, 6.07) is 16.6. The van der Waals surface area contributed by atoms with Crippen molar-refractivity contribution < 1.29 is 14.3 Å². The number of aromatic amines is 1. The number of amides is 2. The van der Waals surface area contributed by atoms with Gasteiger partial charge in [0, 0.05) is 43.9 Å². The van der Waals surface area contributed by atoms with Crippen LogP contribution in [0.2, 0.25) is 0 Å². The SMILES string of the molecule is CN1CCN(C(=O)c2cccc(-c3n[nH]c([C@H]4CCCCN4C(=O)COc4ccccc4)n3)c2)CC1. The summed E-state index contributed by atoms with van der Waals surface area (Å²) in [6.45, 7) is 3.85. The highest BCUT2D eigenvalue weighted by Crippen LogP contribution is 2.30. The van der Waals surface area contributed by atoms with E-state index >= 15 is 0 Å². The van der Waals surface area contributed by atoms with Gasteiger partial charge >= 0.3 is 0 Å². The average molecular weight is 489 g/mol. The van der Waals surface area contributed by atoms with E-state index < -0.39 is 0 Å². The van der Waals surface area contributed by atoms with Crippen LogP contribution in [0.1, 0.15) is 41.5 Å². The number of aromatic nitrogens is 3. The smallest absolute Gasteiger partial charge is 0.261 e. The molecule has 9 nitrogen and oxygen atoms in total. The minimum Gasteiger partial charge on any atom is -0.484 e. The summed E-state index contributed by atoms with van der Waals surface area (Å²) in [5.41, 5.74) is 1.41. The maximum Gasteiger partial charge on any atom is 0.261 e. The fourth-order valence-corrected chi connectivity index (χ4v) is 4.79. The van der Waals surface area contributed by atoms with Crippen LogP contribution in [0.5, 0.6) is 5.75 Å². The summed E-state index contributed by atoms with van der Waals surface area (Å²) < 4.78 is 5.70. The molecule has 1 N–H and O–H groups in total. The number of nitrogens with zero attached hydrogens (tertiary/aromatic N) is 5. The zero-order valence-electron chi connectivity index (χ0n) is 20.6. The molecule has 2 aromatic carbocycles. The third-order valence-corrected chi connectivity index (χ3v) is 6.91. The molecule has 3 aromatic rings. The van der Waals surface area contributed by atoms with Gasteiger partial charge < -0.3 is 19.4 Å². The van der Waals surface area contributed by atoms with E-state index in [1.54, 1.807) is 0 Å². The highest BCUT2D eigenvalue weighted by Gasteiger charge is 2.31. The number of piperazine rings is 1. The summed E-state index contributed by atoms with van der Waals surface area (Å²) in [4.78, 5) is 36.7. The Morgan fingerprint density at radius 2 is 1.81 bits per heavy atom. The molecule has 1 aromatic heterocycles. The highest BCUT2D eigenvalue weighted by atomic mass is 16.5. The van der Waals surface area contributed by atoms with Gasteiger partial charge in [0.25, 0.3) is 11.8 Å². The maximum atomic E-state index is 13.0. The third kappa shape index (κ3) is 5.41. The number of hydrogen-bond acceptors (Lipinski definition) is 6. The molecule has 0 bridgehead atoms. The predicted molar refractivity (Wildman–Crippen MR) is 135 cm³/mol. The lowest BCUT2D eigenvalue weighted by molar-refractivity contribution is -0.137. The first-order valence-electron chi connectivity index (χ1n) is 12.6. The molecule has 9 heteroatoms. The van der Waals surface area contributed by atoms with Crippen LogP contribution in [0, 0.1) is 0 Å². The molecule has 2 fully saturated rings. The van der Waals surface area contributed by atoms with E-state index in [9.17, 15) is 9.59 Å². The Balaban J connectivity index is 1.28. The summed E-state index contributed by atoms with van der Waals surface area (Å²) in [5, 5.41) is 7.49. The van der Waals surface area contributed by atoms with Crippen molar-refractivity contribution in [2.24, 2.45) is 0 Å². The van der Waals surface area contributed by atoms with Gasteiger partial charge in [-0.1, -0.05) is 30.3 Å². The number of carbonyl (C=O) groups excluding carboxylic acids is 2. The molecule has 0 radical (unpaired) electrons. The van der Waals surface area contributed by atoms with Crippen molar-refractivity contribution in [1.82, 2.24) is 29.9 Å². The quantitative estimate of drug-likeness (QED) is 0.573. The van der Waals surface area contributed by atoms with Crippen LogP contribution in [0.3, 0.4) is 0 Å². The van der Waals surface area contributed by atoms with Gasteiger partial charge in [0.1, 0.15) is 11.6 Å².